The monoisotopic (exact) mass is 269 g/mol. The number of phenols is 1. The fourth-order valence-corrected chi connectivity index (χ4v) is 2.83. The number of halogens is 1. The third-order valence-corrected chi connectivity index (χ3v) is 3.41. The minimum Gasteiger partial charge on any atom is -0.506 e. The van der Waals surface area contributed by atoms with Crippen LogP contribution in [0.3, 0.4) is 0 Å². The number of nitrogens with zero attached hydrogens (tertiary/aromatic N) is 1. The first kappa shape index (κ1) is 13.7. The van der Waals surface area contributed by atoms with Gasteiger partial charge in [0.2, 0.25) is 0 Å². The lowest BCUT2D eigenvalue weighted by Crippen LogP contribution is -2.51. The second-order valence-electron chi connectivity index (χ2n) is 5.61. The minimum atomic E-state index is -0.147. The van der Waals surface area contributed by atoms with E-state index in [4.69, 9.17) is 16.3 Å². The second kappa shape index (κ2) is 5.08. The molecule has 1 fully saturated rings. The highest BCUT2D eigenvalue weighted by Gasteiger charge is 2.31. The van der Waals surface area contributed by atoms with E-state index in [0.29, 0.717) is 11.6 Å². The van der Waals surface area contributed by atoms with E-state index in [1.807, 2.05) is 12.1 Å². The zero-order chi connectivity index (χ0) is 13.3. The van der Waals surface area contributed by atoms with E-state index in [9.17, 15) is 5.11 Å². The Morgan fingerprint density at radius 2 is 2.22 bits per heavy atom. The van der Waals surface area contributed by atoms with Crippen molar-refractivity contribution in [1.29, 1.82) is 0 Å². The zero-order valence-corrected chi connectivity index (χ0v) is 11.9. The Labute approximate surface area is 113 Å². The number of aromatic hydroxyl groups is 1. The molecule has 0 radical (unpaired) electrons. The average Bonchev–Trinajstić information content (AvgIpc) is 2.22. The predicted octanol–water partition coefficient (Wildman–Crippen LogP) is 3.04. The summed E-state index contributed by atoms with van der Waals surface area (Å²) in [6.45, 7) is 8.68. The van der Waals surface area contributed by atoms with E-state index >= 15 is 0 Å². The van der Waals surface area contributed by atoms with Crippen molar-refractivity contribution >= 4 is 11.6 Å². The lowest BCUT2D eigenvalue weighted by Gasteiger charge is -2.41. The molecule has 1 aliphatic rings. The first-order valence-electron chi connectivity index (χ1n) is 6.24. The van der Waals surface area contributed by atoms with Gasteiger partial charge in [0.15, 0.2) is 0 Å². The maximum Gasteiger partial charge on any atom is 0.138 e. The lowest BCUT2D eigenvalue weighted by atomic mass is 10.0. The van der Waals surface area contributed by atoms with Crippen LogP contribution in [0.15, 0.2) is 18.2 Å². The average molecular weight is 270 g/mol. The molecule has 1 aromatic carbocycles. The van der Waals surface area contributed by atoms with Crippen LogP contribution in [0, 0.1) is 0 Å². The largest absolute Gasteiger partial charge is 0.506 e. The standard InChI is InChI=1S/C14H20ClNO2/c1-10-7-16(9-14(2,3)18-10)8-11-5-4-6-12(15)13(11)17/h4-6,10,17H,7-9H2,1-3H3. The molecule has 1 aromatic rings. The third-order valence-electron chi connectivity index (χ3n) is 3.10. The highest BCUT2D eigenvalue weighted by Crippen LogP contribution is 2.29. The maximum atomic E-state index is 9.93. The van der Waals surface area contributed by atoms with Crippen LogP contribution in [0.2, 0.25) is 5.02 Å². The van der Waals surface area contributed by atoms with Crippen molar-refractivity contribution in [3.05, 3.63) is 28.8 Å². The van der Waals surface area contributed by atoms with Crippen molar-refractivity contribution < 1.29 is 9.84 Å². The van der Waals surface area contributed by atoms with Crippen molar-refractivity contribution in [3.63, 3.8) is 0 Å². The zero-order valence-electron chi connectivity index (χ0n) is 11.1. The van der Waals surface area contributed by atoms with Gasteiger partial charge in [-0.15, -0.1) is 0 Å². The van der Waals surface area contributed by atoms with Gasteiger partial charge in [-0.1, -0.05) is 23.7 Å². The van der Waals surface area contributed by atoms with Gasteiger partial charge < -0.3 is 9.84 Å². The molecule has 100 valence electrons. The Morgan fingerprint density at radius 1 is 1.50 bits per heavy atom. The second-order valence-corrected chi connectivity index (χ2v) is 6.01. The van der Waals surface area contributed by atoms with Gasteiger partial charge in [0.05, 0.1) is 16.7 Å². The van der Waals surface area contributed by atoms with E-state index in [0.717, 1.165) is 18.7 Å². The number of rotatable bonds is 2. The van der Waals surface area contributed by atoms with Crippen LogP contribution in [0.4, 0.5) is 0 Å². The lowest BCUT2D eigenvalue weighted by molar-refractivity contribution is -0.130. The SMILES string of the molecule is CC1CN(Cc2cccc(Cl)c2O)CC(C)(C)O1. The first-order chi connectivity index (χ1) is 8.37. The minimum absolute atomic E-state index is 0.147. The van der Waals surface area contributed by atoms with Gasteiger partial charge in [0.25, 0.3) is 0 Å². The van der Waals surface area contributed by atoms with Crippen molar-refractivity contribution in [3.8, 4) is 5.75 Å². The van der Waals surface area contributed by atoms with Crippen LogP contribution in [0.5, 0.6) is 5.75 Å². The summed E-state index contributed by atoms with van der Waals surface area (Å²) in [5, 5.41) is 10.3. The van der Waals surface area contributed by atoms with Crippen LogP contribution in [0.1, 0.15) is 26.3 Å². The van der Waals surface area contributed by atoms with E-state index < -0.39 is 0 Å². The molecule has 1 unspecified atom stereocenters. The van der Waals surface area contributed by atoms with Gasteiger partial charge >= 0.3 is 0 Å². The first-order valence-corrected chi connectivity index (χ1v) is 6.62. The molecule has 2 rings (SSSR count). The number of hydrogen-bond acceptors (Lipinski definition) is 3. The molecule has 0 bridgehead atoms. The Balaban J connectivity index is 2.11. The number of phenolic OH excluding ortho intramolecular Hbond substituents is 1. The Hall–Kier alpha value is -0.770. The van der Waals surface area contributed by atoms with E-state index in [2.05, 4.69) is 25.7 Å². The van der Waals surface area contributed by atoms with E-state index in [1.165, 1.54) is 0 Å². The van der Waals surface area contributed by atoms with Crippen LogP contribution in [-0.4, -0.2) is 34.8 Å². The summed E-state index contributed by atoms with van der Waals surface area (Å²) in [5.41, 5.74) is 0.721. The van der Waals surface area contributed by atoms with E-state index in [-0.39, 0.29) is 17.5 Å². The fraction of sp³-hybridized carbons (Fsp3) is 0.571. The Bertz CT molecular complexity index is 434. The van der Waals surface area contributed by atoms with Crippen molar-refractivity contribution in [1.82, 2.24) is 4.90 Å². The van der Waals surface area contributed by atoms with Crippen LogP contribution >= 0.6 is 11.6 Å². The molecular weight excluding hydrogens is 250 g/mol. The van der Waals surface area contributed by atoms with Crippen molar-refractivity contribution in [2.45, 2.75) is 39.0 Å². The molecule has 1 aliphatic heterocycles. The Morgan fingerprint density at radius 3 is 2.89 bits per heavy atom. The van der Waals surface area contributed by atoms with Gasteiger partial charge in [0, 0.05) is 25.2 Å². The van der Waals surface area contributed by atoms with Gasteiger partial charge in [0.1, 0.15) is 5.75 Å². The summed E-state index contributed by atoms with van der Waals surface area (Å²) >= 11 is 5.92. The number of ether oxygens (including phenoxy) is 1. The number of benzene rings is 1. The summed E-state index contributed by atoms with van der Waals surface area (Å²) in [6.07, 6.45) is 0.204. The summed E-state index contributed by atoms with van der Waals surface area (Å²) in [5.74, 6) is 0.191. The third kappa shape index (κ3) is 3.16. The van der Waals surface area contributed by atoms with Gasteiger partial charge in [-0.05, 0) is 26.8 Å². The molecule has 1 heterocycles. The van der Waals surface area contributed by atoms with Crippen LogP contribution in [-0.2, 0) is 11.3 Å². The molecule has 18 heavy (non-hydrogen) atoms. The number of morpholine rings is 1. The quantitative estimate of drug-likeness (QED) is 0.896. The predicted molar refractivity (Wildman–Crippen MR) is 73.0 cm³/mol. The summed E-state index contributed by atoms with van der Waals surface area (Å²) in [7, 11) is 0. The van der Waals surface area contributed by atoms with Crippen LogP contribution in [0.25, 0.3) is 0 Å². The summed E-state index contributed by atoms with van der Waals surface area (Å²) in [4.78, 5) is 2.29. The van der Waals surface area contributed by atoms with Gasteiger partial charge in [-0.2, -0.15) is 0 Å². The molecule has 0 aliphatic carbocycles. The molecule has 1 saturated heterocycles. The van der Waals surface area contributed by atoms with Crippen molar-refractivity contribution in [2.24, 2.45) is 0 Å². The summed E-state index contributed by atoms with van der Waals surface area (Å²) < 4.78 is 5.87. The number of hydrogen-bond donors (Lipinski definition) is 1. The molecule has 1 atom stereocenters. The molecule has 0 amide bonds. The highest BCUT2D eigenvalue weighted by molar-refractivity contribution is 6.32. The number of para-hydroxylation sites is 1. The fourth-order valence-electron chi connectivity index (χ4n) is 2.63. The molecule has 4 heteroatoms. The smallest absolute Gasteiger partial charge is 0.138 e. The van der Waals surface area contributed by atoms with Crippen molar-refractivity contribution in [2.75, 3.05) is 13.1 Å². The highest BCUT2D eigenvalue weighted by atomic mass is 35.5. The molecule has 3 nitrogen and oxygen atoms in total. The topological polar surface area (TPSA) is 32.7 Å². The maximum absolute atomic E-state index is 9.93. The Kier molecular flexibility index (Phi) is 3.85. The molecule has 0 spiro atoms. The molecule has 0 aromatic heterocycles. The summed E-state index contributed by atoms with van der Waals surface area (Å²) in [6, 6.07) is 5.48. The molecule has 0 saturated carbocycles. The normalized spacial score (nSPS) is 24.1. The van der Waals surface area contributed by atoms with Gasteiger partial charge in [-0.25, -0.2) is 0 Å². The van der Waals surface area contributed by atoms with E-state index in [1.54, 1.807) is 6.07 Å². The molecule has 1 N–H and O–H groups in total. The molecular formula is C14H20ClNO2. The van der Waals surface area contributed by atoms with Gasteiger partial charge in [-0.3, -0.25) is 4.90 Å². The van der Waals surface area contributed by atoms with Crippen LogP contribution < -0.4 is 0 Å².